The number of hydrogen-bond acceptors (Lipinski definition) is 3. The van der Waals surface area contributed by atoms with Crippen molar-refractivity contribution in [2.75, 3.05) is 20.3 Å². The summed E-state index contributed by atoms with van der Waals surface area (Å²) in [6, 6.07) is 4.48. The van der Waals surface area contributed by atoms with Crippen LogP contribution in [-0.2, 0) is 17.6 Å². The molecule has 1 saturated heterocycles. The molecule has 2 heterocycles. The molecule has 3 rings (SSSR count). The first-order valence-electron chi connectivity index (χ1n) is 7.49. The van der Waals surface area contributed by atoms with Gasteiger partial charge in [0.05, 0.1) is 12.7 Å². The SMILES string of the molecule is CNC(Cc1cc(Cl)cc2c1OCC2)CC1CCCO1. The van der Waals surface area contributed by atoms with Gasteiger partial charge in [0.1, 0.15) is 5.75 Å². The van der Waals surface area contributed by atoms with Crippen LogP contribution < -0.4 is 10.1 Å². The van der Waals surface area contributed by atoms with Crippen molar-refractivity contribution in [1.82, 2.24) is 5.32 Å². The molecule has 0 spiro atoms. The zero-order valence-electron chi connectivity index (χ0n) is 12.0. The van der Waals surface area contributed by atoms with Crippen molar-refractivity contribution in [1.29, 1.82) is 0 Å². The topological polar surface area (TPSA) is 30.5 Å². The monoisotopic (exact) mass is 295 g/mol. The molecule has 1 aromatic carbocycles. The number of likely N-dealkylation sites (N-methyl/N-ethyl adjacent to an activating group) is 1. The first kappa shape index (κ1) is 14.2. The second-order valence-electron chi connectivity index (χ2n) is 5.71. The molecule has 1 fully saturated rings. The van der Waals surface area contributed by atoms with Crippen LogP contribution in [0.3, 0.4) is 0 Å². The average molecular weight is 296 g/mol. The highest BCUT2D eigenvalue weighted by molar-refractivity contribution is 6.30. The van der Waals surface area contributed by atoms with Gasteiger partial charge in [0.25, 0.3) is 0 Å². The third kappa shape index (κ3) is 3.11. The molecule has 1 aromatic rings. The van der Waals surface area contributed by atoms with E-state index in [1.807, 2.05) is 19.2 Å². The lowest BCUT2D eigenvalue weighted by Gasteiger charge is -2.21. The van der Waals surface area contributed by atoms with Crippen molar-refractivity contribution in [3.63, 3.8) is 0 Å². The Morgan fingerprint density at radius 2 is 2.30 bits per heavy atom. The smallest absolute Gasteiger partial charge is 0.125 e. The Hall–Kier alpha value is -0.770. The van der Waals surface area contributed by atoms with Gasteiger partial charge in [0.2, 0.25) is 0 Å². The Bertz CT molecular complexity index is 472. The van der Waals surface area contributed by atoms with Gasteiger partial charge >= 0.3 is 0 Å². The fourth-order valence-corrected chi connectivity index (χ4v) is 3.48. The van der Waals surface area contributed by atoms with Crippen LogP contribution in [0.25, 0.3) is 0 Å². The molecule has 2 atom stereocenters. The van der Waals surface area contributed by atoms with Crippen LogP contribution in [-0.4, -0.2) is 32.4 Å². The number of rotatable bonds is 5. The molecular formula is C16H22ClNO2. The molecule has 2 aliphatic rings. The lowest BCUT2D eigenvalue weighted by atomic mass is 9.97. The van der Waals surface area contributed by atoms with Gasteiger partial charge in [-0.1, -0.05) is 11.6 Å². The molecule has 2 unspecified atom stereocenters. The number of halogens is 1. The maximum Gasteiger partial charge on any atom is 0.125 e. The van der Waals surface area contributed by atoms with E-state index in [2.05, 4.69) is 5.32 Å². The van der Waals surface area contributed by atoms with Gasteiger partial charge in [-0.3, -0.25) is 0 Å². The van der Waals surface area contributed by atoms with Gasteiger partial charge in [-0.15, -0.1) is 0 Å². The molecule has 2 aliphatic heterocycles. The molecule has 20 heavy (non-hydrogen) atoms. The molecule has 0 saturated carbocycles. The van der Waals surface area contributed by atoms with Crippen molar-refractivity contribution >= 4 is 11.6 Å². The maximum absolute atomic E-state index is 6.22. The van der Waals surface area contributed by atoms with Crippen LogP contribution in [0.5, 0.6) is 5.75 Å². The van der Waals surface area contributed by atoms with Gasteiger partial charge in [-0.05, 0) is 56.0 Å². The number of nitrogens with one attached hydrogen (secondary N) is 1. The van der Waals surface area contributed by atoms with E-state index in [0.717, 1.165) is 43.2 Å². The largest absolute Gasteiger partial charge is 0.493 e. The summed E-state index contributed by atoms with van der Waals surface area (Å²) in [7, 11) is 2.02. The highest BCUT2D eigenvalue weighted by Crippen LogP contribution is 2.34. The van der Waals surface area contributed by atoms with Crippen molar-refractivity contribution in [2.24, 2.45) is 0 Å². The third-order valence-electron chi connectivity index (χ3n) is 4.27. The molecule has 0 amide bonds. The van der Waals surface area contributed by atoms with Crippen molar-refractivity contribution in [3.8, 4) is 5.75 Å². The second kappa shape index (κ2) is 6.33. The fraction of sp³-hybridized carbons (Fsp3) is 0.625. The lowest BCUT2D eigenvalue weighted by molar-refractivity contribution is 0.0953. The predicted molar refractivity (Wildman–Crippen MR) is 80.8 cm³/mol. The Labute approximate surface area is 125 Å². The van der Waals surface area contributed by atoms with Crippen molar-refractivity contribution in [2.45, 2.75) is 44.2 Å². The Kier molecular flexibility index (Phi) is 4.49. The summed E-state index contributed by atoms with van der Waals surface area (Å²) in [6.07, 6.45) is 5.75. The maximum atomic E-state index is 6.22. The van der Waals surface area contributed by atoms with Gasteiger partial charge < -0.3 is 14.8 Å². The minimum Gasteiger partial charge on any atom is -0.493 e. The summed E-state index contributed by atoms with van der Waals surface area (Å²) < 4.78 is 11.5. The highest BCUT2D eigenvalue weighted by atomic mass is 35.5. The van der Waals surface area contributed by atoms with Crippen molar-refractivity contribution in [3.05, 3.63) is 28.3 Å². The summed E-state index contributed by atoms with van der Waals surface area (Å²) in [6.45, 7) is 1.69. The molecule has 4 heteroatoms. The first-order chi connectivity index (χ1) is 9.76. The highest BCUT2D eigenvalue weighted by Gasteiger charge is 2.23. The molecule has 0 bridgehead atoms. The van der Waals surface area contributed by atoms with Crippen molar-refractivity contribution < 1.29 is 9.47 Å². The summed E-state index contributed by atoms with van der Waals surface area (Å²) in [5, 5.41) is 4.23. The number of ether oxygens (including phenoxy) is 2. The van der Waals surface area contributed by atoms with E-state index in [4.69, 9.17) is 21.1 Å². The zero-order valence-corrected chi connectivity index (χ0v) is 12.7. The summed E-state index contributed by atoms with van der Waals surface area (Å²) in [5.41, 5.74) is 2.47. The van der Waals surface area contributed by atoms with Crippen LogP contribution >= 0.6 is 11.6 Å². The lowest BCUT2D eigenvalue weighted by Crippen LogP contribution is -2.31. The average Bonchev–Trinajstić information content (AvgIpc) is 3.08. The van der Waals surface area contributed by atoms with E-state index in [9.17, 15) is 0 Å². The molecule has 1 N–H and O–H groups in total. The zero-order chi connectivity index (χ0) is 13.9. The van der Waals surface area contributed by atoms with Crippen LogP contribution in [0.4, 0.5) is 0 Å². The van der Waals surface area contributed by atoms with E-state index >= 15 is 0 Å². The van der Waals surface area contributed by atoms with Gasteiger partial charge in [-0.2, -0.15) is 0 Å². The van der Waals surface area contributed by atoms with E-state index < -0.39 is 0 Å². The fourth-order valence-electron chi connectivity index (χ4n) is 3.21. The minimum atomic E-state index is 0.403. The molecule has 0 aliphatic carbocycles. The van der Waals surface area contributed by atoms with Crippen LogP contribution in [0, 0.1) is 0 Å². The third-order valence-corrected chi connectivity index (χ3v) is 4.49. The first-order valence-corrected chi connectivity index (χ1v) is 7.87. The second-order valence-corrected chi connectivity index (χ2v) is 6.15. The summed E-state index contributed by atoms with van der Waals surface area (Å²) in [5.74, 6) is 1.06. The minimum absolute atomic E-state index is 0.403. The molecule has 3 nitrogen and oxygen atoms in total. The molecule has 110 valence electrons. The molecule has 0 aromatic heterocycles. The number of hydrogen-bond donors (Lipinski definition) is 1. The standard InChI is InChI=1S/C16H22ClNO2/c1-18-14(10-15-3-2-5-19-15)9-12-8-13(17)7-11-4-6-20-16(11)12/h7-8,14-15,18H,2-6,9-10H2,1H3. The Balaban J connectivity index is 1.72. The summed E-state index contributed by atoms with van der Waals surface area (Å²) >= 11 is 6.22. The Morgan fingerprint density at radius 1 is 1.40 bits per heavy atom. The van der Waals surface area contributed by atoms with Gasteiger partial charge in [0.15, 0.2) is 0 Å². The van der Waals surface area contributed by atoms with E-state index in [1.54, 1.807) is 0 Å². The van der Waals surface area contributed by atoms with Crippen LogP contribution in [0.1, 0.15) is 30.4 Å². The number of benzene rings is 1. The van der Waals surface area contributed by atoms with E-state index in [-0.39, 0.29) is 0 Å². The molecule has 0 radical (unpaired) electrons. The predicted octanol–water partition coefficient (Wildman–Crippen LogP) is 2.97. The van der Waals surface area contributed by atoms with E-state index in [1.165, 1.54) is 24.0 Å². The van der Waals surface area contributed by atoms with Gasteiger partial charge in [0, 0.05) is 24.1 Å². The van der Waals surface area contributed by atoms with Crippen LogP contribution in [0.2, 0.25) is 5.02 Å². The quantitative estimate of drug-likeness (QED) is 0.906. The van der Waals surface area contributed by atoms with Gasteiger partial charge in [-0.25, -0.2) is 0 Å². The summed E-state index contributed by atoms with van der Waals surface area (Å²) in [4.78, 5) is 0. The van der Waals surface area contributed by atoms with Crippen LogP contribution in [0.15, 0.2) is 12.1 Å². The van der Waals surface area contributed by atoms with E-state index in [0.29, 0.717) is 12.1 Å². The Morgan fingerprint density at radius 3 is 3.05 bits per heavy atom. The normalized spacial score (nSPS) is 22.6. The molecular weight excluding hydrogens is 274 g/mol. The number of fused-ring (bicyclic) bond motifs is 1.